The van der Waals surface area contributed by atoms with Gasteiger partial charge in [-0.25, -0.2) is 13.8 Å². The van der Waals surface area contributed by atoms with Crippen LogP contribution in [0, 0.1) is 6.92 Å². The quantitative estimate of drug-likeness (QED) is 0.784. The van der Waals surface area contributed by atoms with Crippen LogP contribution in [0.3, 0.4) is 0 Å². The minimum Gasteiger partial charge on any atom is -0.350 e. The summed E-state index contributed by atoms with van der Waals surface area (Å²) in [7, 11) is 0. The number of pyridine rings is 1. The van der Waals surface area contributed by atoms with Crippen LogP contribution in [0.15, 0.2) is 16.7 Å². The van der Waals surface area contributed by atoms with Crippen LogP contribution < -0.4 is 4.90 Å². The van der Waals surface area contributed by atoms with E-state index in [2.05, 4.69) is 20.9 Å². The van der Waals surface area contributed by atoms with E-state index >= 15 is 0 Å². The third-order valence-electron chi connectivity index (χ3n) is 2.49. The molecule has 82 valence electrons. The van der Waals surface area contributed by atoms with Gasteiger partial charge in [-0.1, -0.05) is 0 Å². The van der Waals surface area contributed by atoms with Crippen LogP contribution in [-0.4, -0.2) is 24.0 Å². The monoisotopic (exact) mass is 276 g/mol. The topological polar surface area (TPSA) is 16.1 Å². The SMILES string of the molecule is Cc1cc(Br)cnc1N1CCC(F)(F)C1. The Bertz CT molecular complexity index is 382. The van der Waals surface area contributed by atoms with Gasteiger partial charge in [-0.3, -0.25) is 0 Å². The van der Waals surface area contributed by atoms with Crippen molar-refractivity contribution in [1.29, 1.82) is 0 Å². The molecule has 0 amide bonds. The molecule has 1 fully saturated rings. The summed E-state index contributed by atoms with van der Waals surface area (Å²) in [5, 5.41) is 0. The maximum absolute atomic E-state index is 13.0. The van der Waals surface area contributed by atoms with Crippen LogP contribution in [0.25, 0.3) is 0 Å². The molecule has 0 saturated carbocycles. The molecule has 2 heterocycles. The molecule has 0 bridgehead atoms. The van der Waals surface area contributed by atoms with Crippen molar-refractivity contribution < 1.29 is 8.78 Å². The summed E-state index contributed by atoms with van der Waals surface area (Å²) in [4.78, 5) is 5.81. The third-order valence-corrected chi connectivity index (χ3v) is 2.92. The average Bonchev–Trinajstić information content (AvgIpc) is 2.46. The Balaban J connectivity index is 2.24. The molecule has 0 N–H and O–H groups in total. The van der Waals surface area contributed by atoms with Gasteiger partial charge in [0, 0.05) is 23.6 Å². The maximum atomic E-state index is 13.0. The van der Waals surface area contributed by atoms with Gasteiger partial charge in [-0.2, -0.15) is 0 Å². The Hall–Kier alpha value is -0.710. The third kappa shape index (κ3) is 2.27. The number of anilines is 1. The van der Waals surface area contributed by atoms with E-state index < -0.39 is 5.92 Å². The van der Waals surface area contributed by atoms with E-state index in [0.717, 1.165) is 10.0 Å². The zero-order valence-corrected chi connectivity index (χ0v) is 9.89. The molecule has 2 rings (SSSR count). The van der Waals surface area contributed by atoms with Crippen LogP contribution in [0.5, 0.6) is 0 Å². The van der Waals surface area contributed by atoms with Gasteiger partial charge in [0.25, 0.3) is 5.92 Å². The van der Waals surface area contributed by atoms with E-state index in [1.54, 1.807) is 11.1 Å². The number of rotatable bonds is 1. The maximum Gasteiger partial charge on any atom is 0.266 e. The fraction of sp³-hybridized carbons (Fsp3) is 0.500. The summed E-state index contributed by atoms with van der Waals surface area (Å²) in [5.41, 5.74) is 0.919. The highest BCUT2D eigenvalue weighted by molar-refractivity contribution is 9.10. The molecule has 0 aromatic carbocycles. The first-order valence-electron chi connectivity index (χ1n) is 4.73. The predicted molar refractivity (Wildman–Crippen MR) is 58.5 cm³/mol. The van der Waals surface area contributed by atoms with Crippen molar-refractivity contribution in [2.75, 3.05) is 18.0 Å². The van der Waals surface area contributed by atoms with Gasteiger partial charge in [0.15, 0.2) is 0 Å². The molecule has 0 aliphatic carbocycles. The highest BCUT2D eigenvalue weighted by atomic mass is 79.9. The molecule has 2 nitrogen and oxygen atoms in total. The zero-order valence-electron chi connectivity index (χ0n) is 8.30. The van der Waals surface area contributed by atoms with Gasteiger partial charge in [0.1, 0.15) is 5.82 Å². The number of aromatic nitrogens is 1. The van der Waals surface area contributed by atoms with Gasteiger partial charge in [-0.05, 0) is 34.5 Å². The number of nitrogens with zero attached hydrogens (tertiary/aromatic N) is 2. The highest BCUT2D eigenvalue weighted by Gasteiger charge is 2.39. The molecule has 0 spiro atoms. The normalized spacial score (nSPS) is 19.6. The summed E-state index contributed by atoms with van der Waals surface area (Å²) < 4.78 is 26.9. The largest absolute Gasteiger partial charge is 0.350 e. The minimum absolute atomic E-state index is 0.0792. The van der Waals surface area contributed by atoms with E-state index in [-0.39, 0.29) is 13.0 Å². The van der Waals surface area contributed by atoms with E-state index in [4.69, 9.17) is 0 Å². The van der Waals surface area contributed by atoms with Gasteiger partial charge in [0.05, 0.1) is 6.54 Å². The van der Waals surface area contributed by atoms with E-state index in [1.807, 2.05) is 13.0 Å². The predicted octanol–water partition coefficient (Wildman–Crippen LogP) is 3.00. The lowest BCUT2D eigenvalue weighted by Crippen LogP contribution is -2.26. The average molecular weight is 277 g/mol. The molecule has 0 radical (unpaired) electrons. The van der Waals surface area contributed by atoms with Crippen LogP contribution in [0.4, 0.5) is 14.6 Å². The number of halogens is 3. The van der Waals surface area contributed by atoms with Gasteiger partial charge in [-0.15, -0.1) is 0 Å². The number of aryl methyl sites for hydroxylation is 1. The highest BCUT2D eigenvalue weighted by Crippen LogP contribution is 2.31. The van der Waals surface area contributed by atoms with Crippen LogP contribution >= 0.6 is 15.9 Å². The second kappa shape index (κ2) is 3.70. The van der Waals surface area contributed by atoms with Crippen molar-refractivity contribution in [3.05, 3.63) is 22.3 Å². The molecule has 1 aromatic heterocycles. The van der Waals surface area contributed by atoms with Crippen molar-refractivity contribution in [2.45, 2.75) is 19.3 Å². The lowest BCUT2D eigenvalue weighted by molar-refractivity contribution is 0.0256. The Morgan fingerprint density at radius 1 is 1.53 bits per heavy atom. The van der Waals surface area contributed by atoms with Crippen LogP contribution in [0.1, 0.15) is 12.0 Å². The summed E-state index contributed by atoms with van der Waals surface area (Å²) in [5.74, 6) is -1.91. The lowest BCUT2D eigenvalue weighted by atomic mass is 10.3. The second-order valence-electron chi connectivity index (χ2n) is 3.82. The summed E-state index contributed by atoms with van der Waals surface area (Å²) in [6.45, 7) is 2.04. The number of hydrogen-bond acceptors (Lipinski definition) is 2. The van der Waals surface area contributed by atoms with Gasteiger partial charge >= 0.3 is 0 Å². The van der Waals surface area contributed by atoms with Crippen LogP contribution in [0.2, 0.25) is 0 Å². The standard InChI is InChI=1S/C10H11BrF2N2/c1-7-4-8(11)5-14-9(7)15-3-2-10(12,13)6-15/h4-5H,2-3,6H2,1H3. The van der Waals surface area contributed by atoms with Crippen molar-refractivity contribution >= 4 is 21.7 Å². The van der Waals surface area contributed by atoms with Gasteiger partial charge in [0.2, 0.25) is 0 Å². The summed E-state index contributed by atoms with van der Waals surface area (Å²) in [6.07, 6.45) is 1.56. The molecular formula is C10H11BrF2N2. The Kier molecular flexibility index (Phi) is 2.66. The van der Waals surface area contributed by atoms with Crippen molar-refractivity contribution in [3.8, 4) is 0 Å². The molecule has 1 aliphatic heterocycles. The first-order chi connectivity index (χ1) is 6.98. The van der Waals surface area contributed by atoms with E-state index in [1.165, 1.54) is 0 Å². The van der Waals surface area contributed by atoms with E-state index in [9.17, 15) is 8.78 Å². The molecule has 5 heteroatoms. The fourth-order valence-electron chi connectivity index (χ4n) is 1.78. The summed E-state index contributed by atoms with van der Waals surface area (Å²) in [6, 6.07) is 1.89. The van der Waals surface area contributed by atoms with Crippen molar-refractivity contribution in [2.24, 2.45) is 0 Å². The number of alkyl halides is 2. The zero-order chi connectivity index (χ0) is 11.1. The number of hydrogen-bond donors (Lipinski definition) is 0. The van der Waals surface area contributed by atoms with Crippen LogP contribution in [-0.2, 0) is 0 Å². The first kappa shape index (κ1) is 10.8. The van der Waals surface area contributed by atoms with E-state index in [0.29, 0.717) is 12.4 Å². The first-order valence-corrected chi connectivity index (χ1v) is 5.52. The molecule has 0 unspecified atom stereocenters. The van der Waals surface area contributed by atoms with Crippen molar-refractivity contribution in [3.63, 3.8) is 0 Å². The molecule has 1 aromatic rings. The lowest BCUT2D eigenvalue weighted by Gasteiger charge is -2.19. The minimum atomic E-state index is -2.57. The Morgan fingerprint density at radius 3 is 2.80 bits per heavy atom. The Morgan fingerprint density at radius 2 is 2.27 bits per heavy atom. The molecule has 1 saturated heterocycles. The second-order valence-corrected chi connectivity index (χ2v) is 4.74. The van der Waals surface area contributed by atoms with Gasteiger partial charge < -0.3 is 4.90 Å². The van der Waals surface area contributed by atoms with Crippen molar-refractivity contribution in [1.82, 2.24) is 4.98 Å². The molecule has 0 atom stereocenters. The molecule has 15 heavy (non-hydrogen) atoms. The molecule has 1 aliphatic rings. The smallest absolute Gasteiger partial charge is 0.266 e. The fourth-order valence-corrected chi connectivity index (χ4v) is 2.23. The summed E-state index contributed by atoms with van der Waals surface area (Å²) >= 11 is 3.30. The Labute approximate surface area is 95.4 Å². The molecular weight excluding hydrogens is 266 g/mol.